The zero-order chi connectivity index (χ0) is 10.3. The van der Waals surface area contributed by atoms with E-state index in [4.69, 9.17) is 4.74 Å². The van der Waals surface area contributed by atoms with Crippen molar-refractivity contribution in [1.29, 1.82) is 0 Å². The normalized spacial score (nSPS) is 15.8. The zero-order valence-corrected chi connectivity index (χ0v) is 8.81. The zero-order valence-electron chi connectivity index (χ0n) is 8.81. The molecule has 2 aromatic heterocycles. The van der Waals surface area contributed by atoms with Crippen LogP contribution in [0.3, 0.4) is 0 Å². The van der Waals surface area contributed by atoms with Crippen LogP contribution in [0.2, 0.25) is 0 Å². The summed E-state index contributed by atoms with van der Waals surface area (Å²) in [7, 11) is 0. The second-order valence-electron chi connectivity index (χ2n) is 4.00. The van der Waals surface area contributed by atoms with Gasteiger partial charge in [-0.3, -0.25) is 0 Å². The highest BCUT2D eigenvalue weighted by molar-refractivity contribution is 5.46. The third-order valence-electron chi connectivity index (χ3n) is 2.76. The average Bonchev–Trinajstić information content (AvgIpc) is 2.99. The van der Waals surface area contributed by atoms with E-state index in [9.17, 15) is 0 Å². The molecule has 1 aliphatic rings. The maximum atomic E-state index is 5.45. The third-order valence-corrected chi connectivity index (χ3v) is 2.76. The van der Waals surface area contributed by atoms with Gasteiger partial charge >= 0.3 is 0 Å². The predicted molar refractivity (Wildman–Crippen MR) is 58.3 cm³/mol. The van der Waals surface area contributed by atoms with E-state index in [0.717, 1.165) is 11.4 Å². The van der Waals surface area contributed by atoms with Crippen molar-refractivity contribution in [2.45, 2.75) is 25.7 Å². The van der Waals surface area contributed by atoms with Gasteiger partial charge in [-0.15, -0.1) is 0 Å². The highest BCUT2D eigenvalue weighted by atomic mass is 16.5. The van der Waals surface area contributed by atoms with Crippen LogP contribution in [0.5, 0.6) is 5.75 Å². The number of pyridine rings is 1. The first kappa shape index (κ1) is 8.77. The molecule has 0 unspecified atom stereocenters. The topological polar surface area (TPSA) is 26.5 Å². The van der Waals surface area contributed by atoms with Crippen LogP contribution in [-0.2, 0) is 0 Å². The number of aromatic nitrogens is 2. The van der Waals surface area contributed by atoms with E-state index in [-0.39, 0.29) is 0 Å². The molecule has 0 N–H and O–H groups in total. The molecule has 15 heavy (non-hydrogen) atoms. The molecule has 78 valence electrons. The van der Waals surface area contributed by atoms with Gasteiger partial charge in [0.25, 0.3) is 0 Å². The molecule has 0 aliphatic heterocycles. The van der Waals surface area contributed by atoms with E-state index >= 15 is 0 Å². The summed E-state index contributed by atoms with van der Waals surface area (Å²) in [4.78, 5) is 4.60. The third kappa shape index (κ3) is 1.58. The molecule has 2 heterocycles. The Kier molecular flexibility index (Phi) is 1.91. The van der Waals surface area contributed by atoms with Crippen molar-refractivity contribution in [3.8, 4) is 5.75 Å². The van der Waals surface area contributed by atoms with Crippen LogP contribution in [0.1, 0.15) is 31.4 Å². The van der Waals surface area contributed by atoms with Gasteiger partial charge in [-0.25, -0.2) is 4.98 Å². The number of ether oxygens (including phenoxy) is 1. The minimum absolute atomic E-state index is 0.701. The van der Waals surface area contributed by atoms with Crippen LogP contribution in [-0.4, -0.2) is 16.0 Å². The van der Waals surface area contributed by atoms with Crippen molar-refractivity contribution in [2.75, 3.05) is 6.61 Å². The molecule has 0 amide bonds. The molecule has 3 rings (SSSR count). The molecule has 3 heteroatoms. The monoisotopic (exact) mass is 202 g/mol. The lowest BCUT2D eigenvalue weighted by Crippen LogP contribution is -1.92. The lowest BCUT2D eigenvalue weighted by atomic mass is 10.3. The van der Waals surface area contributed by atoms with Crippen LogP contribution < -0.4 is 4.74 Å². The fourth-order valence-corrected chi connectivity index (χ4v) is 1.82. The first-order chi connectivity index (χ1) is 7.36. The number of nitrogens with zero attached hydrogens (tertiary/aromatic N) is 2. The Balaban J connectivity index is 2.02. The van der Waals surface area contributed by atoms with Gasteiger partial charge in [0.2, 0.25) is 0 Å². The molecule has 0 radical (unpaired) electrons. The van der Waals surface area contributed by atoms with Crippen LogP contribution in [0.15, 0.2) is 24.5 Å². The van der Waals surface area contributed by atoms with E-state index < -0.39 is 0 Å². The maximum absolute atomic E-state index is 5.45. The summed E-state index contributed by atoms with van der Waals surface area (Å²) in [6, 6.07) is 3.98. The number of hydrogen-bond donors (Lipinski definition) is 0. The molecule has 2 aromatic rings. The standard InChI is InChI=1S/C12H14N2O/c1-2-15-10-5-6-14-8-11(9-3-4-9)13-12(14)7-10/h5-9H,2-4H2,1H3. The smallest absolute Gasteiger partial charge is 0.140 e. The lowest BCUT2D eigenvalue weighted by molar-refractivity contribution is 0.340. The fourth-order valence-electron chi connectivity index (χ4n) is 1.82. The lowest BCUT2D eigenvalue weighted by Gasteiger charge is -2.01. The van der Waals surface area contributed by atoms with E-state index in [1.807, 2.05) is 25.3 Å². The minimum atomic E-state index is 0.701. The molecule has 0 spiro atoms. The maximum Gasteiger partial charge on any atom is 0.140 e. The number of hydrogen-bond acceptors (Lipinski definition) is 2. The van der Waals surface area contributed by atoms with Gasteiger partial charge in [0.15, 0.2) is 0 Å². The Bertz CT molecular complexity index is 485. The second kappa shape index (κ2) is 3.26. The minimum Gasteiger partial charge on any atom is -0.494 e. The first-order valence-corrected chi connectivity index (χ1v) is 5.48. The molecular formula is C12H14N2O. The Morgan fingerprint density at radius 2 is 2.40 bits per heavy atom. The molecule has 3 nitrogen and oxygen atoms in total. The van der Waals surface area contributed by atoms with Crippen molar-refractivity contribution >= 4 is 5.65 Å². The highest BCUT2D eigenvalue weighted by Gasteiger charge is 2.26. The molecule has 1 aliphatic carbocycles. The number of imidazole rings is 1. The second-order valence-corrected chi connectivity index (χ2v) is 4.00. The largest absolute Gasteiger partial charge is 0.494 e. The fraction of sp³-hybridized carbons (Fsp3) is 0.417. The molecule has 0 saturated heterocycles. The summed E-state index contributed by atoms with van der Waals surface area (Å²) in [5.41, 5.74) is 2.21. The van der Waals surface area contributed by atoms with Crippen LogP contribution in [0.4, 0.5) is 0 Å². The van der Waals surface area contributed by atoms with Crippen molar-refractivity contribution in [2.24, 2.45) is 0 Å². The number of fused-ring (bicyclic) bond motifs is 1. The molecule has 0 bridgehead atoms. The summed E-state index contributed by atoms with van der Waals surface area (Å²) < 4.78 is 7.51. The SMILES string of the molecule is CCOc1ccn2cc(C3CC3)nc2c1. The summed E-state index contributed by atoms with van der Waals surface area (Å²) in [6.07, 6.45) is 6.73. The summed E-state index contributed by atoms with van der Waals surface area (Å²) in [5.74, 6) is 1.61. The predicted octanol–water partition coefficient (Wildman–Crippen LogP) is 2.61. The number of rotatable bonds is 3. The molecule has 0 atom stereocenters. The van der Waals surface area contributed by atoms with Gasteiger partial charge in [0.05, 0.1) is 12.3 Å². The summed E-state index contributed by atoms with van der Waals surface area (Å²) in [5, 5.41) is 0. The van der Waals surface area contributed by atoms with Gasteiger partial charge in [0.1, 0.15) is 11.4 Å². The Hall–Kier alpha value is -1.51. The van der Waals surface area contributed by atoms with Gasteiger partial charge in [-0.1, -0.05) is 0 Å². The Morgan fingerprint density at radius 3 is 3.13 bits per heavy atom. The molecule has 0 aromatic carbocycles. The Labute approximate surface area is 88.7 Å². The van der Waals surface area contributed by atoms with Gasteiger partial charge < -0.3 is 9.14 Å². The van der Waals surface area contributed by atoms with Gasteiger partial charge in [-0.05, 0) is 25.8 Å². The molecule has 1 fully saturated rings. The summed E-state index contributed by atoms with van der Waals surface area (Å²) in [6.45, 7) is 2.69. The first-order valence-electron chi connectivity index (χ1n) is 5.48. The van der Waals surface area contributed by atoms with E-state index in [1.165, 1.54) is 18.5 Å². The molecule has 1 saturated carbocycles. The van der Waals surface area contributed by atoms with Crippen LogP contribution in [0, 0.1) is 0 Å². The van der Waals surface area contributed by atoms with Crippen LogP contribution >= 0.6 is 0 Å². The molecular weight excluding hydrogens is 188 g/mol. The van der Waals surface area contributed by atoms with E-state index in [2.05, 4.69) is 15.6 Å². The Morgan fingerprint density at radius 1 is 1.53 bits per heavy atom. The highest BCUT2D eigenvalue weighted by Crippen LogP contribution is 2.39. The van der Waals surface area contributed by atoms with Gasteiger partial charge in [-0.2, -0.15) is 0 Å². The van der Waals surface area contributed by atoms with E-state index in [0.29, 0.717) is 12.5 Å². The van der Waals surface area contributed by atoms with E-state index in [1.54, 1.807) is 0 Å². The quantitative estimate of drug-likeness (QED) is 0.764. The average molecular weight is 202 g/mol. The van der Waals surface area contributed by atoms with Crippen molar-refractivity contribution in [3.05, 3.63) is 30.2 Å². The summed E-state index contributed by atoms with van der Waals surface area (Å²) >= 11 is 0. The van der Waals surface area contributed by atoms with Crippen molar-refractivity contribution < 1.29 is 4.74 Å². The van der Waals surface area contributed by atoms with Gasteiger partial charge in [0, 0.05) is 24.4 Å². The van der Waals surface area contributed by atoms with Crippen molar-refractivity contribution in [3.63, 3.8) is 0 Å². The van der Waals surface area contributed by atoms with Crippen molar-refractivity contribution in [1.82, 2.24) is 9.38 Å². The van der Waals surface area contributed by atoms with Crippen LogP contribution in [0.25, 0.3) is 5.65 Å².